The highest BCUT2D eigenvalue weighted by Gasteiger charge is 2.30. The lowest BCUT2D eigenvalue weighted by Gasteiger charge is -2.32. The molecular weight excluding hydrogens is 417 g/mol. The molecule has 2 aromatic carbocycles. The highest BCUT2D eigenvalue weighted by atomic mass is 19.1. The van der Waals surface area contributed by atoms with Crippen LogP contribution in [0.15, 0.2) is 42.5 Å². The van der Waals surface area contributed by atoms with Crippen LogP contribution in [0.1, 0.15) is 43.7 Å². The average molecular weight is 454 g/mol. The maximum atomic E-state index is 13.2. The van der Waals surface area contributed by atoms with Crippen molar-refractivity contribution in [2.24, 2.45) is 5.92 Å². The summed E-state index contributed by atoms with van der Waals surface area (Å²) < 4.78 is 19.1. The summed E-state index contributed by atoms with van der Waals surface area (Å²) in [5, 5.41) is 3.49. The van der Waals surface area contributed by atoms with E-state index < -0.39 is 0 Å². The summed E-state index contributed by atoms with van der Waals surface area (Å²) >= 11 is 0. The van der Waals surface area contributed by atoms with E-state index in [0.717, 1.165) is 63.1 Å². The number of anilines is 1. The van der Waals surface area contributed by atoms with Gasteiger partial charge in [-0.05, 0) is 81.0 Å². The third kappa shape index (κ3) is 6.12. The van der Waals surface area contributed by atoms with Crippen molar-refractivity contribution in [2.75, 3.05) is 31.6 Å². The summed E-state index contributed by atoms with van der Waals surface area (Å²) in [4.78, 5) is 17.5. The summed E-state index contributed by atoms with van der Waals surface area (Å²) in [7, 11) is 1.89. The van der Waals surface area contributed by atoms with Crippen molar-refractivity contribution < 1.29 is 13.9 Å². The van der Waals surface area contributed by atoms with Gasteiger partial charge in [-0.2, -0.15) is 0 Å². The van der Waals surface area contributed by atoms with Crippen LogP contribution in [0.5, 0.6) is 5.75 Å². The molecule has 1 amide bonds. The molecule has 0 spiro atoms. The second-order valence-electron chi connectivity index (χ2n) is 9.65. The van der Waals surface area contributed by atoms with Gasteiger partial charge in [-0.25, -0.2) is 4.39 Å². The molecule has 1 aliphatic carbocycles. The fourth-order valence-electron chi connectivity index (χ4n) is 5.13. The summed E-state index contributed by atoms with van der Waals surface area (Å²) in [5.74, 6) is 0.627. The number of halogens is 1. The van der Waals surface area contributed by atoms with Gasteiger partial charge in [-0.3, -0.25) is 9.69 Å². The number of hydrogen-bond acceptors (Lipinski definition) is 4. The van der Waals surface area contributed by atoms with E-state index in [0.29, 0.717) is 11.8 Å². The molecule has 1 saturated carbocycles. The Morgan fingerprint density at radius 2 is 1.88 bits per heavy atom. The van der Waals surface area contributed by atoms with Crippen molar-refractivity contribution >= 4 is 11.6 Å². The Bertz CT molecular complexity index is 941. The van der Waals surface area contributed by atoms with Crippen molar-refractivity contribution in [3.05, 3.63) is 59.4 Å². The number of amides is 1. The lowest BCUT2D eigenvalue weighted by molar-refractivity contribution is -0.123. The second-order valence-corrected chi connectivity index (χ2v) is 9.65. The van der Waals surface area contributed by atoms with E-state index >= 15 is 0 Å². The summed E-state index contributed by atoms with van der Waals surface area (Å²) in [6, 6.07) is 13.2. The minimum absolute atomic E-state index is 0.0180. The zero-order valence-corrected chi connectivity index (χ0v) is 20.0. The zero-order chi connectivity index (χ0) is 23.4. The number of carbonyl (C=O) groups excluding carboxylic acids is 1. The van der Waals surface area contributed by atoms with Gasteiger partial charge < -0.3 is 15.0 Å². The van der Waals surface area contributed by atoms with Crippen molar-refractivity contribution in [3.63, 3.8) is 0 Å². The molecule has 6 heteroatoms. The first-order valence-corrected chi connectivity index (χ1v) is 12.1. The fraction of sp³-hybridized carbons (Fsp3) is 0.519. The summed E-state index contributed by atoms with van der Waals surface area (Å²) in [5.41, 5.74) is 3.42. The molecule has 0 radical (unpaired) electrons. The molecule has 2 aliphatic rings. The van der Waals surface area contributed by atoms with Crippen LogP contribution in [-0.4, -0.2) is 49.6 Å². The van der Waals surface area contributed by atoms with Crippen molar-refractivity contribution in [1.29, 1.82) is 0 Å². The lowest BCUT2D eigenvalue weighted by Crippen LogP contribution is -2.48. The van der Waals surface area contributed by atoms with Crippen LogP contribution in [0.4, 0.5) is 10.1 Å². The first-order chi connectivity index (χ1) is 15.9. The number of piperazine rings is 1. The van der Waals surface area contributed by atoms with Crippen LogP contribution in [0, 0.1) is 18.7 Å². The molecule has 0 aromatic heterocycles. The van der Waals surface area contributed by atoms with Gasteiger partial charge in [0.1, 0.15) is 11.6 Å². The van der Waals surface area contributed by atoms with Gasteiger partial charge in [-0.15, -0.1) is 0 Å². The van der Waals surface area contributed by atoms with Crippen LogP contribution in [0.25, 0.3) is 0 Å². The van der Waals surface area contributed by atoms with Gasteiger partial charge in [0, 0.05) is 50.9 Å². The minimum atomic E-state index is -0.263. The van der Waals surface area contributed by atoms with Crippen LogP contribution in [0.3, 0.4) is 0 Å². The lowest BCUT2D eigenvalue weighted by atomic mass is 9.86. The topological polar surface area (TPSA) is 44.8 Å². The van der Waals surface area contributed by atoms with Crippen molar-refractivity contribution in [3.8, 4) is 5.75 Å². The Labute approximate surface area is 196 Å². The van der Waals surface area contributed by atoms with Crippen LogP contribution in [0.2, 0.25) is 0 Å². The smallest absolute Gasteiger partial charge is 0.229 e. The molecule has 1 aliphatic heterocycles. The van der Waals surface area contributed by atoms with E-state index in [-0.39, 0.29) is 23.7 Å². The van der Waals surface area contributed by atoms with Gasteiger partial charge in [0.25, 0.3) is 0 Å². The quantitative estimate of drug-likeness (QED) is 0.698. The van der Waals surface area contributed by atoms with Gasteiger partial charge in [0.05, 0.1) is 6.10 Å². The first-order valence-electron chi connectivity index (χ1n) is 12.1. The normalized spacial score (nSPS) is 23.8. The third-order valence-electron chi connectivity index (χ3n) is 6.95. The Kier molecular flexibility index (Phi) is 7.66. The molecular formula is C27H36FN3O2. The Balaban J connectivity index is 1.31. The fourth-order valence-corrected chi connectivity index (χ4v) is 5.13. The second kappa shape index (κ2) is 10.7. The van der Waals surface area contributed by atoms with Gasteiger partial charge in [-0.1, -0.05) is 12.1 Å². The molecule has 1 atom stereocenters. The van der Waals surface area contributed by atoms with E-state index in [1.165, 1.54) is 17.7 Å². The van der Waals surface area contributed by atoms with Crippen LogP contribution >= 0.6 is 0 Å². The predicted octanol–water partition coefficient (Wildman–Crippen LogP) is 4.53. The standard InChI is InChI=1S/C27H36FN3O2/c1-19-16-21(18-31-15-14-29-20(2)17-31)4-13-26(19)30(3)27(32)22-5-9-24(10-6-22)33-25-11-7-23(28)8-12-25/h4,7-8,11-13,16,20,22,24,29H,5-6,9-10,14-15,17-18H2,1-3H3/t20-,22?,24?/m0/s1. The highest BCUT2D eigenvalue weighted by Crippen LogP contribution is 2.31. The van der Waals surface area contributed by atoms with E-state index in [1.807, 2.05) is 11.9 Å². The molecule has 1 N–H and O–H groups in total. The maximum Gasteiger partial charge on any atom is 0.229 e. The van der Waals surface area contributed by atoms with Crippen molar-refractivity contribution in [2.45, 2.75) is 58.2 Å². The zero-order valence-electron chi connectivity index (χ0n) is 20.0. The molecule has 0 bridgehead atoms. The molecule has 5 nitrogen and oxygen atoms in total. The maximum absolute atomic E-state index is 13.2. The Morgan fingerprint density at radius 3 is 2.55 bits per heavy atom. The first kappa shape index (κ1) is 23.7. The number of carbonyl (C=O) groups is 1. The summed E-state index contributed by atoms with van der Waals surface area (Å²) in [6.45, 7) is 8.43. The predicted molar refractivity (Wildman–Crippen MR) is 130 cm³/mol. The molecule has 1 saturated heterocycles. The van der Waals surface area contributed by atoms with E-state index in [9.17, 15) is 9.18 Å². The van der Waals surface area contributed by atoms with Crippen LogP contribution in [-0.2, 0) is 11.3 Å². The molecule has 0 unspecified atom stereocenters. The largest absolute Gasteiger partial charge is 0.490 e. The summed E-state index contributed by atoms with van der Waals surface area (Å²) in [6.07, 6.45) is 3.38. The Hall–Kier alpha value is -2.44. The van der Waals surface area contributed by atoms with Crippen LogP contribution < -0.4 is 15.0 Å². The Morgan fingerprint density at radius 1 is 1.15 bits per heavy atom. The molecule has 178 valence electrons. The number of aryl methyl sites for hydroxylation is 1. The molecule has 2 aromatic rings. The van der Waals surface area contributed by atoms with E-state index in [2.05, 4.69) is 42.3 Å². The average Bonchev–Trinajstić information content (AvgIpc) is 2.80. The number of hydrogen-bond donors (Lipinski definition) is 1. The molecule has 4 rings (SSSR count). The van der Waals surface area contributed by atoms with E-state index in [4.69, 9.17) is 4.74 Å². The highest BCUT2D eigenvalue weighted by molar-refractivity contribution is 5.95. The molecule has 2 fully saturated rings. The number of rotatable bonds is 6. The van der Waals surface area contributed by atoms with E-state index in [1.54, 1.807) is 12.1 Å². The number of benzene rings is 2. The molecule has 1 heterocycles. The number of nitrogens with zero attached hydrogens (tertiary/aromatic N) is 2. The van der Waals surface area contributed by atoms with Gasteiger partial charge in [0.2, 0.25) is 5.91 Å². The van der Waals surface area contributed by atoms with Gasteiger partial charge >= 0.3 is 0 Å². The SMILES string of the molecule is Cc1cc(CN2CCN[C@@H](C)C2)ccc1N(C)C(=O)C1CCC(Oc2ccc(F)cc2)CC1. The third-order valence-corrected chi connectivity index (χ3v) is 6.95. The molecule has 33 heavy (non-hydrogen) atoms. The minimum Gasteiger partial charge on any atom is -0.490 e. The number of ether oxygens (including phenoxy) is 1. The van der Waals surface area contributed by atoms with Gasteiger partial charge in [0.15, 0.2) is 0 Å². The number of nitrogens with one attached hydrogen (secondary N) is 1. The van der Waals surface area contributed by atoms with Crippen molar-refractivity contribution in [1.82, 2.24) is 10.2 Å². The monoisotopic (exact) mass is 453 g/mol.